The molecular weight excluding hydrogens is 292 g/mol. The standard InChI is InChI=1S/C15H13ClN2O3/c16-11-7-12(17-8-11)15(20)21-9-14(19)18-6-5-10-3-1-2-4-13(10)18/h1-4,7-8,17H,5-6,9H2. The number of amides is 1. The van der Waals surface area contributed by atoms with Crippen LogP contribution in [0.15, 0.2) is 36.5 Å². The molecule has 0 radical (unpaired) electrons. The number of hydrogen-bond donors (Lipinski definition) is 1. The fourth-order valence-corrected chi connectivity index (χ4v) is 2.53. The predicted molar refractivity (Wildman–Crippen MR) is 78.6 cm³/mol. The number of aromatic amines is 1. The number of anilines is 1. The van der Waals surface area contributed by atoms with Crippen LogP contribution in [0.1, 0.15) is 16.1 Å². The first kappa shape index (κ1) is 13.7. The van der Waals surface area contributed by atoms with E-state index in [2.05, 4.69) is 4.98 Å². The molecule has 5 nitrogen and oxygen atoms in total. The van der Waals surface area contributed by atoms with Crippen molar-refractivity contribution in [3.05, 3.63) is 52.8 Å². The number of halogens is 1. The van der Waals surface area contributed by atoms with Crippen molar-refractivity contribution in [3.8, 4) is 0 Å². The molecule has 0 fully saturated rings. The molecule has 1 aromatic carbocycles. The Hall–Kier alpha value is -2.27. The topological polar surface area (TPSA) is 62.4 Å². The smallest absolute Gasteiger partial charge is 0.355 e. The minimum atomic E-state index is -0.595. The Morgan fingerprint density at radius 2 is 2.14 bits per heavy atom. The van der Waals surface area contributed by atoms with E-state index in [4.69, 9.17) is 16.3 Å². The summed E-state index contributed by atoms with van der Waals surface area (Å²) in [6, 6.07) is 9.18. The van der Waals surface area contributed by atoms with Crippen LogP contribution < -0.4 is 4.90 Å². The molecule has 0 bridgehead atoms. The molecule has 0 aliphatic carbocycles. The van der Waals surface area contributed by atoms with Crippen molar-refractivity contribution in [2.24, 2.45) is 0 Å². The summed E-state index contributed by atoms with van der Waals surface area (Å²) in [4.78, 5) is 28.2. The monoisotopic (exact) mass is 304 g/mol. The van der Waals surface area contributed by atoms with Crippen LogP contribution in [-0.4, -0.2) is 30.0 Å². The molecule has 0 saturated heterocycles. The average Bonchev–Trinajstić information content (AvgIpc) is 3.10. The van der Waals surface area contributed by atoms with Gasteiger partial charge in [0.15, 0.2) is 6.61 Å². The minimum Gasteiger partial charge on any atom is -0.451 e. The van der Waals surface area contributed by atoms with Crippen molar-refractivity contribution >= 4 is 29.2 Å². The number of carbonyl (C=O) groups excluding carboxylic acids is 2. The van der Waals surface area contributed by atoms with Crippen molar-refractivity contribution in [2.75, 3.05) is 18.1 Å². The lowest BCUT2D eigenvalue weighted by molar-refractivity contribution is -0.121. The van der Waals surface area contributed by atoms with Crippen molar-refractivity contribution in [1.29, 1.82) is 0 Å². The summed E-state index contributed by atoms with van der Waals surface area (Å²) < 4.78 is 5.01. The second kappa shape index (κ2) is 5.61. The molecule has 0 atom stereocenters. The van der Waals surface area contributed by atoms with Crippen LogP contribution in [-0.2, 0) is 16.0 Å². The van der Waals surface area contributed by atoms with Crippen molar-refractivity contribution in [3.63, 3.8) is 0 Å². The third-order valence-corrected chi connectivity index (χ3v) is 3.60. The highest BCUT2D eigenvalue weighted by Gasteiger charge is 2.25. The van der Waals surface area contributed by atoms with Crippen LogP contribution in [0.3, 0.4) is 0 Å². The van der Waals surface area contributed by atoms with Gasteiger partial charge in [-0.3, -0.25) is 4.79 Å². The Balaban J connectivity index is 1.62. The van der Waals surface area contributed by atoms with E-state index in [-0.39, 0.29) is 18.2 Å². The van der Waals surface area contributed by atoms with Crippen LogP contribution in [0.4, 0.5) is 5.69 Å². The second-order valence-corrected chi connectivity index (χ2v) is 5.17. The minimum absolute atomic E-state index is 0.231. The van der Waals surface area contributed by atoms with Gasteiger partial charge in [-0.15, -0.1) is 0 Å². The quantitative estimate of drug-likeness (QED) is 0.886. The number of nitrogens with zero attached hydrogens (tertiary/aromatic N) is 1. The molecule has 0 spiro atoms. The number of carbonyl (C=O) groups is 2. The Kier molecular flexibility index (Phi) is 3.66. The molecule has 1 amide bonds. The largest absolute Gasteiger partial charge is 0.451 e. The van der Waals surface area contributed by atoms with E-state index in [1.165, 1.54) is 12.3 Å². The number of benzene rings is 1. The van der Waals surface area contributed by atoms with Gasteiger partial charge < -0.3 is 14.6 Å². The fourth-order valence-electron chi connectivity index (χ4n) is 2.37. The van der Waals surface area contributed by atoms with Crippen LogP contribution in [0.25, 0.3) is 0 Å². The summed E-state index contributed by atoms with van der Waals surface area (Å²) in [5, 5.41) is 0.418. The van der Waals surface area contributed by atoms with E-state index in [0.717, 1.165) is 17.7 Å². The highest BCUT2D eigenvalue weighted by molar-refractivity contribution is 6.30. The van der Waals surface area contributed by atoms with Crippen LogP contribution in [0.2, 0.25) is 5.02 Å². The third-order valence-electron chi connectivity index (χ3n) is 3.38. The number of aromatic nitrogens is 1. The van der Waals surface area contributed by atoms with Crippen LogP contribution in [0.5, 0.6) is 0 Å². The van der Waals surface area contributed by atoms with E-state index < -0.39 is 5.97 Å². The number of esters is 1. The Morgan fingerprint density at radius 3 is 2.90 bits per heavy atom. The first-order valence-corrected chi connectivity index (χ1v) is 6.92. The SMILES string of the molecule is O=C(OCC(=O)N1CCc2ccccc21)c1cc(Cl)c[nH]1. The van der Waals surface area contributed by atoms with Gasteiger partial charge in [0.25, 0.3) is 5.91 Å². The molecule has 21 heavy (non-hydrogen) atoms. The van der Waals surface area contributed by atoms with Gasteiger partial charge in [0.1, 0.15) is 5.69 Å². The lowest BCUT2D eigenvalue weighted by Gasteiger charge is -2.16. The normalized spacial score (nSPS) is 13.1. The molecule has 1 aliphatic rings. The van der Waals surface area contributed by atoms with Gasteiger partial charge in [0.2, 0.25) is 0 Å². The van der Waals surface area contributed by atoms with E-state index in [1.54, 1.807) is 4.90 Å². The number of hydrogen-bond acceptors (Lipinski definition) is 3. The third kappa shape index (κ3) is 2.78. The van der Waals surface area contributed by atoms with Gasteiger partial charge in [0.05, 0.1) is 5.02 Å². The van der Waals surface area contributed by atoms with Gasteiger partial charge >= 0.3 is 5.97 Å². The molecule has 3 rings (SSSR count). The molecule has 2 aromatic rings. The molecule has 1 aromatic heterocycles. The average molecular weight is 305 g/mol. The highest BCUT2D eigenvalue weighted by atomic mass is 35.5. The number of rotatable bonds is 3. The molecule has 6 heteroatoms. The molecule has 2 heterocycles. The summed E-state index contributed by atoms with van der Waals surface area (Å²) in [7, 11) is 0. The van der Waals surface area contributed by atoms with E-state index in [0.29, 0.717) is 11.6 Å². The summed E-state index contributed by atoms with van der Waals surface area (Å²) in [6.07, 6.45) is 2.30. The predicted octanol–water partition coefficient (Wildman–Crippen LogP) is 2.41. The van der Waals surface area contributed by atoms with Gasteiger partial charge in [-0.05, 0) is 24.1 Å². The first-order chi connectivity index (χ1) is 10.1. The van der Waals surface area contributed by atoms with Crippen molar-refractivity contribution < 1.29 is 14.3 Å². The lowest BCUT2D eigenvalue weighted by Crippen LogP contribution is -2.33. The molecule has 0 unspecified atom stereocenters. The van der Waals surface area contributed by atoms with Crippen LogP contribution in [0, 0.1) is 0 Å². The zero-order valence-corrected chi connectivity index (χ0v) is 11.9. The van der Waals surface area contributed by atoms with Crippen molar-refractivity contribution in [1.82, 2.24) is 4.98 Å². The summed E-state index contributed by atoms with van der Waals surface area (Å²) >= 11 is 5.71. The molecule has 1 N–H and O–H groups in total. The number of H-pyrrole nitrogens is 1. The molecule has 0 saturated carbocycles. The maximum absolute atomic E-state index is 12.2. The van der Waals surface area contributed by atoms with Gasteiger partial charge in [-0.1, -0.05) is 29.8 Å². The van der Waals surface area contributed by atoms with Gasteiger partial charge in [-0.25, -0.2) is 4.79 Å². The zero-order chi connectivity index (χ0) is 14.8. The highest BCUT2D eigenvalue weighted by Crippen LogP contribution is 2.27. The lowest BCUT2D eigenvalue weighted by atomic mass is 10.2. The summed E-state index contributed by atoms with van der Waals surface area (Å²) in [5.74, 6) is -0.825. The van der Waals surface area contributed by atoms with E-state index in [1.807, 2.05) is 24.3 Å². The van der Waals surface area contributed by atoms with E-state index >= 15 is 0 Å². The zero-order valence-electron chi connectivity index (χ0n) is 11.1. The Bertz CT molecular complexity index is 696. The van der Waals surface area contributed by atoms with E-state index in [9.17, 15) is 9.59 Å². The molecule has 108 valence electrons. The van der Waals surface area contributed by atoms with Gasteiger partial charge in [-0.2, -0.15) is 0 Å². The second-order valence-electron chi connectivity index (χ2n) is 4.73. The fraction of sp³-hybridized carbons (Fsp3) is 0.200. The Labute approximate surface area is 126 Å². The van der Waals surface area contributed by atoms with Crippen molar-refractivity contribution in [2.45, 2.75) is 6.42 Å². The maximum atomic E-state index is 12.2. The molecule has 1 aliphatic heterocycles. The Morgan fingerprint density at radius 1 is 1.33 bits per heavy atom. The van der Waals surface area contributed by atoms with Gasteiger partial charge in [0, 0.05) is 18.4 Å². The summed E-state index contributed by atoms with van der Waals surface area (Å²) in [6.45, 7) is 0.327. The number of ether oxygens (including phenoxy) is 1. The first-order valence-electron chi connectivity index (χ1n) is 6.54. The number of nitrogens with one attached hydrogen (secondary N) is 1. The van der Waals surface area contributed by atoms with Crippen LogP contribution >= 0.6 is 11.6 Å². The summed E-state index contributed by atoms with van der Waals surface area (Å²) in [5.41, 5.74) is 2.25. The number of fused-ring (bicyclic) bond motifs is 1. The number of para-hydroxylation sites is 1. The molecular formula is C15H13ClN2O3. The maximum Gasteiger partial charge on any atom is 0.355 e.